The Balaban J connectivity index is 0.000000848. The van der Waals surface area contributed by atoms with Crippen LogP contribution in [0.15, 0.2) is 72.8 Å². The Morgan fingerprint density at radius 3 is 1.56 bits per heavy atom. The van der Waals surface area contributed by atoms with Crippen LogP contribution in [0.2, 0.25) is 0 Å². The minimum absolute atomic E-state index is 0.0579. The second-order valence-electron chi connectivity index (χ2n) is 12.2. The zero-order valence-corrected chi connectivity index (χ0v) is 33.4. The van der Waals surface area contributed by atoms with Crippen LogP contribution >= 0.6 is 0 Å². The number of nitrogens with two attached hydrogens (primary N) is 2. The highest BCUT2D eigenvalue weighted by Crippen LogP contribution is 2.28. The molecule has 2 aromatic carbocycles. The molecule has 0 saturated heterocycles. The summed E-state index contributed by atoms with van der Waals surface area (Å²) in [6, 6.07) is 14.4. The van der Waals surface area contributed by atoms with E-state index in [1.165, 1.54) is 0 Å². The number of carbonyl (C=O) groups is 2. The smallest absolute Gasteiger partial charge is 0.267 e. The zero-order chi connectivity index (χ0) is 43.4. The molecular formula is C37H56N4O14S2. The minimum Gasteiger partial charge on any atom is -0.494 e. The van der Waals surface area contributed by atoms with E-state index in [2.05, 4.69) is 6.92 Å². The van der Waals surface area contributed by atoms with Gasteiger partial charge in [-0.15, -0.1) is 0 Å². The third kappa shape index (κ3) is 25.4. The fourth-order valence-corrected chi connectivity index (χ4v) is 4.98. The van der Waals surface area contributed by atoms with Crippen molar-refractivity contribution < 1.29 is 65.4 Å². The predicted molar refractivity (Wildman–Crippen MR) is 215 cm³/mol. The van der Waals surface area contributed by atoms with E-state index in [1.54, 1.807) is 36.4 Å². The molecule has 4 unspecified atom stereocenters. The molecule has 0 spiro atoms. The molecule has 4 atom stereocenters. The summed E-state index contributed by atoms with van der Waals surface area (Å²) in [6.45, 7) is 2.31. The third-order valence-corrected chi connectivity index (χ3v) is 8.92. The largest absolute Gasteiger partial charge is 0.494 e. The van der Waals surface area contributed by atoms with Crippen LogP contribution < -0.4 is 20.9 Å². The number of benzene rings is 2. The summed E-state index contributed by atoms with van der Waals surface area (Å²) in [6.07, 6.45) is 10.6. The zero-order valence-electron chi connectivity index (χ0n) is 31.7. The molecule has 0 aromatic heterocycles. The number of aliphatic hydroxyl groups is 4. The quantitative estimate of drug-likeness (QED) is 0.0183. The molecule has 2 aromatic rings. The number of ketones is 1. The summed E-state index contributed by atoms with van der Waals surface area (Å²) in [5.74, 6) is -1.24. The molecule has 18 nitrogen and oxygen atoms in total. The Bertz CT molecular complexity index is 1670. The number of ether oxygens (including phenoxy) is 2. The van der Waals surface area contributed by atoms with Crippen molar-refractivity contribution in [3.8, 4) is 11.5 Å². The van der Waals surface area contributed by atoms with Gasteiger partial charge in [-0.3, -0.25) is 24.7 Å². The lowest BCUT2D eigenvalue weighted by Crippen LogP contribution is -2.47. The topological polar surface area (TPSA) is 342 Å². The van der Waals surface area contributed by atoms with Gasteiger partial charge in [-0.05, 0) is 86.6 Å². The second-order valence-corrected chi connectivity index (χ2v) is 15.4. The van der Waals surface area contributed by atoms with Gasteiger partial charge in [-0.1, -0.05) is 37.6 Å². The van der Waals surface area contributed by atoms with Gasteiger partial charge in [-0.25, -0.2) is 0 Å². The summed E-state index contributed by atoms with van der Waals surface area (Å²) < 4.78 is 65.5. The Morgan fingerprint density at radius 1 is 0.789 bits per heavy atom. The maximum Gasteiger partial charge on any atom is 0.267 e. The number of aldehydes is 1. The van der Waals surface area contributed by atoms with Crippen LogP contribution in [0.5, 0.6) is 11.5 Å². The first-order valence-corrected chi connectivity index (χ1v) is 21.0. The Morgan fingerprint density at radius 2 is 1.23 bits per heavy atom. The van der Waals surface area contributed by atoms with Gasteiger partial charge in [0.1, 0.15) is 35.6 Å². The van der Waals surface area contributed by atoms with Gasteiger partial charge < -0.3 is 46.2 Å². The van der Waals surface area contributed by atoms with Crippen molar-refractivity contribution >= 4 is 44.0 Å². The molecule has 20 heteroatoms. The number of nitrogens with one attached hydrogen (secondary N) is 2. The van der Waals surface area contributed by atoms with Gasteiger partial charge in [0.05, 0.1) is 50.0 Å². The van der Waals surface area contributed by atoms with Crippen LogP contribution in [0.25, 0.3) is 0 Å². The molecule has 1 aliphatic rings. The lowest BCUT2D eigenvalue weighted by atomic mass is 9.76. The average molecular weight is 845 g/mol. The molecule has 3 rings (SSSR count). The number of carbonyl (C=O) groups excluding carboxylic acids is 2. The van der Waals surface area contributed by atoms with Crippen LogP contribution in [0.3, 0.4) is 0 Å². The molecule has 0 amide bonds. The maximum atomic E-state index is 11.6. The summed E-state index contributed by atoms with van der Waals surface area (Å²) in [5.41, 5.74) is 12.2. The second kappa shape index (κ2) is 28.8. The van der Waals surface area contributed by atoms with Crippen molar-refractivity contribution in [3.63, 3.8) is 0 Å². The molecule has 0 heterocycles. The first-order chi connectivity index (χ1) is 26.8. The van der Waals surface area contributed by atoms with Gasteiger partial charge >= 0.3 is 0 Å². The van der Waals surface area contributed by atoms with Crippen molar-refractivity contribution in [1.29, 1.82) is 10.8 Å². The van der Waals surface area contributed by atoms with Gasteiger partial charge in [0.2, 0.25) is 0 Å². The van der Waals surface area contributed by atoms with E-state index in [0.717, 1.165) is 43.6 Å². The Kier molecular flexibility index (Phi) is 26.5. The van der Waals surface area contributed by atoms with Crippen molar-refractivity contribution in [2.24, 2.45) is 23.3 Å². The number of unbranched alkanes of at least 4 members (excludes halogenated alkanes) is 3. The highest BCUT2D eigenvalue weighted by molar-refractivity contribution is 7.86. The standard InChI is InChI=1S/C19H24N4O2.C14H20O4.2C2H6O4S/c20-18(21)14-4-8-16(9-5-14)24-12-2-1-3-13-25-17-10-6-15(7-11-17)19(22)23;1-2-3-4-5-6-7-10-8-12(16)14(18)13(17)11(10)9-15;2*3-1-2-7(4,5)6/h4-11H,1-3,12-13H2,(H3,20,21)(H3,22,23);4-7,9-12,14,16,18H,2-3,8H2,1H3;2*3H,1-2H2,(H,4,5,6). The highest BCUT2D eigenvalue weighted by atomic mass is 32.2. The maximum absolute atomic E-state index is 11.6. The molecule has 1 aliphatic carbocycles. The number of hydrogen-bond acceptors (Lipinski definition) is 14. The first kappa shape index (κ1) is 52.5. The number of hydrogen-bond donors (Lipinski definition) is 10. The molecular weight excluding hydrogens is 789 g/mol. The highest BCUT2D eigenvalue weighted by Gasteiger charge is 2.41. The lowest BCUT2D eigenvalue weighted by molar-refractivity contribution is -0.146. The number of allylic oxidation sites excluding steroid dienone is 4. The Hall–Kier alpha value is -4.54. The molecule has 320 valence electrons. The minimum atomic E-state index is -3.92. The number of nitrogen functional groups attached to an aromatic ring is 2. The molecule has 1 saturated carbocycles. The number of aliphatic hydroxyl groups excluding tert-OH is 4. The number of amidine groups is 2. The monoisotopic (exact) mass is 844 g/mol. The SMILES string of the molecule is CCCC=CC=CC1CC(O)C(O)C(=O)C1C=O.N=C(N)c1ccc(OCCCCCOc2ccc(C(=N)N)cc2)cc1.O=S(=O)(O)CCO.O=S(=O)(O)CCO. The van der Waals surface area contributed by atoms with E-state index in [-0.39, 0.29) is 24.0 Å². The molecule has 0 bridgehead atoms. The van der Waals surface area contributed by atoms with Crippen molar-refractivity contribution in [2.45, 2.75) is 57.7 Å². The van der Waals surface area contributed by atoms with Crippen LogP contribution in [-0.4, -0.2) is 120 Å². The summed E-state index contributed by atoms with van der Waals surface area (Å²) in [5, 5.41) is 49.3. The fraction of sp³-hybridized carbons (Fsp3) is 0.459. The summed E-state index contributed by atoms with van der Waals surface area (Å²) in [4.78, 5) is 22.5. The van der Waals surface area contributed by atoms with Gasteiger partial charge in [0.25, 0.3) is 20.2 Å². The fourth-order valence-electron chi connectivity index (χ4n) is 4.52. The number of Topliss-reactive ketones (excluding diaryl/α,β-unsaturated/α-hetero) is 1. The third-order valence-electron chi connectivity index (χ3n) is 7.52. The van der Waals surface area contributed by atoms with Crippen molar-refractivity contribution in [2.75, 3.05) is 37.9 Å². The van der Waals surface area contributed by atoms with Gasteiger partial charge in [0, 0.05) is 11.1 Å². The average Bonchev–Trinajstić information content (AvgIpc) is 3.13. The van der Waals surface area contributed by atoms with Crippen molar-refractivity contribution in [3.05, 3.63) is 84.0 Å². The van der Waals surface area contributed by atoms with Crippen LogP contribution in [-0.2, 0) is 29.8 Å². The first-order valence-electron chi connectivity index (χ1n) is 17.7. The van der Waals surface area contributed by atoms with Crippen LogP contribution in [0.1, 0.15) is 56.6 Å². The summed E-state index contributed by atoms with van der Waals surface area (Å²) in [7, 11) is -7.85. The molecule has 1 fully saturated rings. The van der Waals surface area contributed by atoms with E-state index in [0.29, 0.717) is 30.6 Å². The van der Waals surface area contributed by atoms with E-state index in [1.807, 2.05) is 36.4 Å². The summed E-state index contributed by atoms with van der Waals surface area (Å²) >= 11 is 0. The number of rotatable bonds is 19. The Labute approximate surface area is 333 Å². The van der Waals surface area contributed by atoms with Crippen molar-refractivity contribution in [1.82, 2.24) is 0 Å². The van der Waals surface area contributed by atoms with Crippen LogP contribution in [0, 0.1) is 22.7 Å². The molecule has 57 heavy (non-hydrogen) atoms. The van der Waals surface area contributed by atoms with E-state index in [4.69, 9.17) is 51.1 Å². The van der Waals surface area contributed by atoms with Crippen LogP contribution in [0.4, 0.5) is 0 Å². The molecule has 0 aliphatic heterocycles. The van der Waals surface area contributed by atoms with E-state index < -0.39 is 68.9 Å². The molecule has 0 radical (unpaired) electrons. The lowest BCUT2D eigenvalue weighted by Gasteiger charge is -2.31. The predicted octanol–water partition coefficient (Wildman–Crippen LogP) is 1.64. The normalized spacial score (nSPS) is 17.9. The molecule has 12 N–H and O–H groups in total. The van der Waals surface area contributed by atoms with Gasteiger partial charge in [0.15, 0.2) is 5.78 Å². The van der Waals surface area contributed by atoms with E-state index >= 15 is 0 Å². The van der Waals surface area contributed by atoms with Gasteiger partial charge in [-0.2, -0.15) is 16.8 Å². The van der Waals surface area contributed by atoms with E-state index in [9.17, 15) is 36.6 Å².